The summed E-state index contributed by atoms with van der Waals surface area (Å²) in [5.74, 6) is -0.332. The molecular formula is C18H25N3O3S. The number of rotatable bonds is 8. The highest BCUT2D eigenvalue weighted by atomic mass is 32.2. The average molecular weight is 363 g/mol. The van der Waals surface area contributed by atoms with E-state index in [9.17, 15) is 9.59 Å². The minimum Gasteiger partial charge on any atom is -0.382 e. The molecule has 6 nitrogen and oxygen atoms in total. The molecule has 136 valence electrons. The van der Waals surface area contributed by atoms with Gasteiger partial charge >= 0.3 is 0 Å². The van der Waals surface area contributed by atoms with Gasteiger partial charge in [-0.25, -0.2) is 0 Å². The van der Waals surface area contributed by atoms with Gasteiger partial charge in [0.15, 0.2) is 5.17 Å². The number of carbonyl (C=O) groups excluding carboxylic acids is 2. The number of aryl methyl sites for hydroxylation is 2. The molecule has 1 atom stereocenters. The van der Waals surface area contributed by atoms with Gasteiger partial charge in [0.1, 0.15) is 5.25 Å². The molecule has 0 radical (unpaired) electrons. The molecule has 2 amide bonds. The van der Waals surface area contributed by atoms with Gasteiger partial charge in [-0.15, -0.1) is 0 Å². The van der Waals surface area contributed by atoms with Gasteiger partial charge in [-0.05, 0) is 38.8 Å². The molecule has 0 aliphatic carbocycles. The van der Waals surface area contributed by atoms with E-state index < -0.39 is 5.25 Å². The molecule has 1 aliphatic heterocycles. The van der Waals surface area contributed by atoms with Crippen LogP contribution in [0.2, 0.25) is 0 Å². The molecule has 7 heteroatoms. The number of benzene rings is 1. The third-order valence-corrected chi connectivity index (χ3v) is 4.83. The van der Waals surface area contributed by atoms with E-state index in [4.69, 9.17) is 4.74 Å². The first-order valence-electron chi connectivity index (χ1n) is 8.46. The van der Waals surface area contributed by atoms with Crippen molar-refractivity contribution < 1.29 is 14.3 Å². The second-order valence-electron chi connectivity index (χ2n) is 5.90. The maximum Gasteiger partial charge on any atom is 0.240 e. The van der Waals surface area contributed by atoms with E-state index in [2.05, 4.69) is 15.6 Å². The van der Waals surface area contributed by atoms with Crippen molar-refractivity contribution in [3.05, 3.63) is 29.3 Å². The Kier molecular flexibility index (Phi) is 7.46. The van der Waals surface area contributed by atoms with E-state index in [0.29, 0.717) is 24.9 Å². The van der Waals surface area contributed by atoms with Crippen molar-refractivity contribution >= 4 is 34.4 Å². The molecule has 0 bridgehead atoms. The smallest absolute Gasteiger partial charge is 0.240 e. The van der Waals surface area contributed by atoms with Crippen LogP contribution in [-0.2, 0) is 14.3 Å². The lowest BCUT2D eigenvalue weighted by molar-refractivity contribution is -0.122. The van der Waals surface area contributed by atoms with Crippen molar-refractivity contribution in [2.24, 2.45) is 4.99 Å². The van der Waals surface area contributed by atoms with E-state index >= 15 is 0 Å². The summed E-state index contributed by atoms with van der Waals surface area (Å²) in [4.78, 5) is 28.6. The number of hydrogen-bond acceptors (Lipinski definition) is 5. The maximum absolute atomic E-state index is 12.2. The van der Waals surface area contributed by atoms with E-state index in [-0.39, 0.29) is 18.2 Å². The largest absolute Gasteiger partial charge is 0.382 e. The lowest BCUT2D eigenvalue weighted by Gasteiger charge is -2.10. The quantitative estimate of drug-likeness (QED) is 0.696. The Hall–Kier alpha value is -1.86. The van der Waals surface area contributed by atoms with Gasteiger partial charge in [-0.2, -0.15) is 0 Å². The number of carbonyl (C=O) groups is 2. The van der Waals surface area contributed by atoms with Gasteiger partial charge < -0.3 is 15.4 Å². The molecule has 0 unspecified atom stereocenters. The van der Waals surface area contributed by atoms with Gasteiger partial charge in [0.25, 0.3) is 0 Å². The summed E-state index contributed by atoms with van der Waals surface area (Å²) in [6.07, 6.45) is 0.938. The molecule has 1 fully saturated rings. The SMILES string of the molecule is CCOCCCN=C1NC(=O)[C@H](CC(=O)Nc2ccc(C)cc2C)S1. The van der Waals surface area contributed by atoms with E-state index in [1.165, 1.54) is 11.8 Å². The van der Waals surface area contributed by atoms with Crippen LogP contribution >= 0.6 is 11.8 Å². The normalized spacial score (nSPS) is 18.4. The molecule has 1 heterocycles. The van der Waals surface area contributed by atoms with Gasteiger partial charge in [0, 0.05) is 31.9 Å². The summed E-state index contributed by atoms with van der Waals surface area (Å²) >= 11 is 1.32. The summed E-state index contributed by atoms with van der Waals surface area (Å²) in [6.45, 7) is 7.87. The zero-order valence-electron chi connectivity index (χ0n) is 14.9. The van der Waals surface area contributed by atoms with Gasteiger partial charge in [0.05, 0.1) is 0 Å². The molecule has 0 aromatic heterocycles. The average Bonchev–Trinajstić information content (AvgIpc) is 2.90. The molecule has 1 aliphatic rings. The lowest BCUT2D eigenvalue weighted by atomic mass is 10.1. The van der Waals surface area contributed by atoms with Gasteiger partial charge in [-0.1, -0.05) is 29.5 Å². The minimum absolute atomic E-state index is 0.127. The molecule has 1 aromatic rings. The highest BCUT2D eigenvalue weighted by molar-refractivity contribution is 8.15. The number of nitrogens with one attached hydrogen (secondary N) is 2. The number of ether oxygens (including phenoxy) is 1. The number of amidine groups is 1. The third kappa shape index (κ3) is 6.17. The third-order valence-electron chi connectivity index (χ3n) is 3.71. The Bertz CT molecular complexity index is 661. The van der Waals surface area contributed by atoms with E-state index in [0.717, 1.165) is 23.2 Å². The van der Waals surface area contributed by atoms with Gasteiger partial charge in [-0.3, -0.25) is 14.6 Å². The molecule has 0 saturated carbocycles. The summed E-state index contributed by atoms with van der Waals surface area (Å²) < 4.78 is 5.25. The number of nitrogens with zero attached hydrogens (tertiary/aromatic N) is 1. The summed E-state index contributed by atoms with van der Waals surface area (Å²) in [6, 6.07) is 5.85. The topological polar surface area (TPSA) is 79.8 Å². The summed E-state index contributed by atoms with van der Waals surface area (Å²) in [5, 5.41) is 5.77. The lowest BCUT2D eigenvalue weighted by Crippen LogP contribution is -2.28. The zero-order chi connectivity index (χ0) is 18.2. The Balaban J connectivity index is 1.82. The Morgan fingerprint density at radius 2 is 2.20 bits per heavy atom. The molecule has 1 saturated heterocycles. The molecule has 1 aromatic carbocycles. The fraction of sp³-hybridized carbons (Fsp3) is 0.500. The maximum atomic E-state index is 12.2. The van der Waals surface area contributed by atoms with Gasteiger partial charge in [0.2, 0.25) is 11.8 Å². The monoisotopic (exact) mass is 363 g/mol. The predicted octanol–water partition coefficient (Wildman–Crippen LogP) is 2.65. The summed E-state index contributed by atoms with van der Waals surface area (Å²) in [5.41, 5.74) is 2.93. The number of hydrogen-bond donors (Lipinski definition) is 2. The molecule has 0 spiro atoms. The molecular weight excluding hydrogens is 338 g/mol. The van der Waals surface area contributed by atoms with Crippen molar-refractivity contribution in [1.29, 1.82) is 0 Å². The highest BCUT2D eigenvalue weighted by Crippen LogP contribution is 2.23. The van der Waals surface area contributed by atoms with Crippen molar-refractivity contribution in [2.75, 3.05) is 25.1 Å². The van der Waals surface area contributed by atoms with Crippen LogP contribution in [0.3, 0.4) is 0 Å². The van der Waals surface area contributed by atoms with Crippen LogP contribution in [0.25, 0.3) is 0 Å². The number of anilines is 1. The van der Waals surface area contributed by atoms with Crippen molar-refractivity contribution in [3.8, 4) is 0 Å². The first kappa shape index (κ1) is 19.5. The van der Waals surface area contributed by atoms with Crippen molar-refractivity contribution in [1.82, 2.24) is 5.32 Å². The van der Waals surface area contributed by atoms with Crippen molar-refractivity contribution in [2.45, 2.75) is 38.9 Å². The number of aliphatic imine (C=N–C) groups is 1. The first-order valence-corrected chi connectivity index (χ1v) is 9.34. The first-order chi connectivity index (χ1) is 12.0. The molecule has 2 rings (SSSR count). The van der Waals surface area contributed by atoms with Crippen LogP contribution in [0, 0.1) is 13.8 Å². The minimum atomic E-state index is -0.434. The molecule has 25 heavy (non-hydrogen) atoms. The standard InChI is InChI=1S/C18H25N3O3S/c1-4-24-9-5-8-19-18-21-17(23)15(25-18)11-16(22)20-14-7-6-12(2)10-13(14)3/h6-7,10,15H,4-5,8-9,11H2,1-3H3,(H,20,22)(H,19,21,23)/t15-/m0/s1. The van der Waals surface area contributed by atoms with Crippen LogP contribution < -0.4 is 10.6 Å². The summed E-state index contributed by atoms with van der Waals surface area (Å²) in [7, 11) is 0. The van der Waals surface area contributed by atoms with Crippen LogP contribution in [0.15, 0.2) is 23.2 Å². The fourth-order valence-corrected chi connectivity index (χ4v) is 3.43. The molecule has 2 N–H and O–H groups in total. The Labute approximate surface area is 152 Å². The van der Waals surface area contributed by atoms with Crippen LogP contribution in [0.4, 0.5) is 5.69 Å². The second kappa shape index (κ2) is 9.58. The number of amides is 2. The predicted molar refractivity (Wildman–Crippen MR) is 102 cm³/mol. The Morgan fingerprint density at radius 3 is 2.92 bits per heavy atom. The zero-order valence-corrected chi connectivity index (χ0v) is 15.7. The van der Waals surface area contributed by atoms with E-state index in [1.807, 2.05) is 39.0 Å². The Morgan fingerprint density at radius 1 is 1.40 bits per heavy atom. The van der Waals surface area contributed by atoms with Crippen LogP contribution in [-0.4, -0.2) is 42.0 Å². The highest BCUT2D eigenvalue weighted by Gasteiger charge is 2.31. The van der Waals surface area contributed by atoms with E-state index in [1.54, 1.807) is 0 Å². The van der Waals surface area contributed by atoms with Crippen LogP contribution in [0.5, 0.6) is 0 Å². The second-order valence-corrected chi connectivity index (χ2v) is 7.10. The number of thioether (sulfide) groups is 1. The van der Waals surface area contributed by atoms with Crippen LogP contribution in [0.1, 0.15) is 30.9 Å². The van der Waals surface area contributed by atoms with Crippen molar-refractivity contribution in [3.63, 3.8) is 0 Å². The fourth-order valence-electron chi connectivity index (χ4n) is 2.43.